The predicted octanol–water partition coefficient (Wildman–Crippen LogP) is 5.44. The van der Waals surface area contributed by atoms with Gasteiger partial charge < -0.3 is 14.6 Å². The van der Waals surface area contributed by atoms with E-state index in [4.69, 9.17) is 9.47 Å². The highest BCUT2D eigenvalue weighted by molar-refractivity contribution is 5.71. The molecule has 0 bridgehead atoms. The first-order chi connectivity index (χ1) is 15.0. The van der Waals surface area contributed by atoms with Crippen molar-refractivity contribution in [1.29, 1.82) is 0 Å². The van der Waals surface area contributed by atoms with Gasteiger partial charge in [0, 0.05) is 18.6 Å². The van der Waals surface area contributed by atoms with Crippen molar-refractivity contribution in [2.24, 2.45) is 5.92 Å². The van der Waals surface area contributed by atoms with Gasteiger partial charge in [0.25, 0.3) is 0 Å². The molecule has 1 unspecified atom stereocenters. The standard InChI is InChI=1S/C26H27NO4/c1-18(26(28)29)25(22-13-14-23-24(15-22)31-17-30-23)27(16-20-9-5-3-6-10-20)19(2)21-11-7-4-8-12-21/h3-15,18-19,25H,16-17H2,1-2H3,(H,28,29)/t18?,19-,25+/m0/s1. The second-order valence-corrected chi connectivity index (χ2v) is 7.93. The van der Waals surface area contributed by atoms with Gasteiger partial charge in [-0.3, -0.25) is 9.69 Å². The molecular weight excluding hydrogens is 390 g/mol. The van der Waals surface area contributed by atoms with Gasteiger partial charge in [-0.15, -0.1) is 0 Å². The number of hydrogen-bond acceptors (Lipinski definition) is 4. The molecule has 4 rings (SSSR count). The number of carboxylic acid groups (broad SMARTS) is 1. The molecule has 0 saturated heterocycles. The van der Waals surface area contributed by atoms with Crippen LogP contribution in [0.4, 0.5) is 0 Å². The lowest BCUT2D eigenvalue weighted by Gasteiger charge is -2.39. The molecule has 1 aliphatic rings. The van der Waals surface area contributed by atoms with Crippen molar-refractivity contribution in [3.63, 3.8) is 0 Å². The molecule has 0 aromatic heterocycles. The van der Waals surface area contributed by atoms with Crippen LogP contribution in [-0.4, -0.2) is 22.8 Å². The molecule has 1 aliphatic heterocycles. The van der Waals surface area contributed by atoms with Gasteiger partial charge in [0.1, 0.15) is 0 Å². The average Bonchev–Trinajstić information content (AvgIpc) is 3.27. The van der Waals surface area contributed by atoms with E-state index in [9.17, 15) is 9.90 Å². The van der Waals surface area contributed by atoms with E-state index >= 15 is 0 Å². The number of carboxylic acids is 1. The SMILES string of the molecule is CC(C(=O)O)[C@H](c1ccc2c(c1)OCO2)N(Cc1ccccc1)[C@@H](C)c1ccccc1. The molecule has 0 spiro atoms. The van der Waals surface area contributed by atoms with Crippen LogP contribution in [0.2, 0.25) is 0 Å². The van der Waals surface area contributed by atoms with E-state index in [1.807, 2.05) is 54.6 Å². The third-order valence-corrected chi connectivity index (χ3v) is 5.95. The Balaban J connectivity index is 1.79. The Morgan fingerprint density at radius 2 is 1.55 bits per heavy atom. The van der Waals surface area contributed by atoms with Gasteiger partial charge in [0.2, 0.25) is 6.79 Å². The van der Waals surface area contributed by atoms with E-state index in [1.165, 1.54) is 0 Å². The molecule has 0 aliphatic carbocycles. The predicted molar refractivity (Wildman–Crippen MR) is 119 cm³/mol. The van der Waals surface area contributed by atoms with Crippen molar-refractivity contribution in [2.45, 2.75) is 32.5 Å². The number of nitrogens with zero attached hydrogens (tertiary/aromatic N) is 1. The normalized spacial score (nSPS) is 15.5. The third kappa shape index (κ3) is 4.57. The van der Waals surface area contributed by atoms with Gasteiger partial charge in [-0.05, 0) is 35.7 Å². The molecular formula is C26H27NO4. The molecule has 0 fully saturated rings. The number of rotatable bonds is 8. The lowest BCUT2D eigenvalue weighted by molar-refractivity contribution is -0.144. The lowest BCUT2D eigenvalue weighted by atomic mass is 9.90. The second-order valence-electron chi connectivity index (χ2n) is 7.93. The van der Waals surface area contributed by atoms with Crippen molar-refractivity contribution in [2.75, 3.05) is 6.79 Å². The Labute approximate surface area is 182 Å². The number of fused-ring (bicyclic) bond motifs is 1. The lowest BCUT2D eigenvalue weighted by Crippen LogP contribution is -2.37. The van der Waals surface area contributed by atoms with Crippen molar-refractivity contribution in [3.8, 4) is 11.5 Å². The van der Waals surface area contributed by atoms with Crippen LogP contribution < -0.4 is 9.47 Å². The molecule has 160 valence electrons. The maximum atomic E-state index is 12.2. The maximum Gasteiger partial charge on any atom is 0.308 e. The molecule has 0 radical (unpaired) electrons. The Morgan fingerprint density at radius 1 is 0.903 bits per heavy atom. The van der Waals surface area contributed by atoms with E-state index in [-0.39, 0.29) is 18.9 Å². The molecule has 31 heavy (non-hydrogen) atoms. The minimum atomic E-state index is -0.832. The molecule has 3 aromatic carbocycles. The summed E-state index contributed by atoms with van der Waals surface area (Å²) in [5, 5.41) is 9.99. The van der Waals surface area contributed by atoms with Gasteiger partial charge >= 0.3 is 5.97 Å². The number of aliphatic carboxylic acids is 1. The topological polar surface area (TPSA) is 59.0 Å². The molecule has 1 heterocycles. The summed E-state index contributed by atoms with van der Waals surface area (Å²) in [4.78, 5) is 14.4. The van der Waals surface area contributed by atoms with Crippen molar-refractivity contribution >= 4 is 5.97 Å². The quantitative estimate of drug-likeness (QED) is 0.529. The van der Waals surface area contributed by atoms with Gasteiger partial charge in [-0.1, -0.05) is 73.7 Å². The summed E-state index contributed by atoms with van der Waals surface area (Å²) < 4.78 is 11.0. The molecule has 3 aromatic rings. The van der Waals surface area contributed by atoms with E-state index in [0.717, 1.165) is 16.7 Å². The Kier molecular flexibility index (Phi) is 6.23. The maximum absolute atomic E-state index is 12.2. The summed E-state index contributed by atoms with van der Waals surface area (Å²) in [5.41, 5.74) is 3.17. The van der Waals surface area contributed by atoms with E-state index in [1.54, 1.807) is 6.92 Å². The van der Waals surface area contributed by atoms with Gasteiger partial charge in [0.05, 0.1) is 5.92 Å². The first kappa shape index (κ1) is 20.9. The summed E-state index contributed by atoms with van der Waals surface area (Å²) in [7, 11) is 0. The van der Waals surface area contributed by atoms with Crippen molar-refractivity contribution in [1.82, 2.24) is 4.90 Å². The van der Waals surface area contributed by atoms with Crippen LogP contribution in [0, 0.1) is 5.92 Å². The molecule has 5 heteroatoms. The molecule has 0 saturated carbocycles. The van der Waals surface area contributed by atoms with E-state index < -0.39 is 11.9 Å². The highest BCUT2D eigenvalue weighted by Gasteiger charge is 2.35. The van der Waals surface area contributed by atoms with Gasteiger partial charge in [0.15, 0.2) is 11.5 Å². The van der Waals surface area contributed by atoms with Gasteiger partial charge in [-0.25, -0.2) is 0 Å². The molecule has 0 amide bonds. The zero-order chi connectivity index (χ0) is 21.8. The zero-order valence-electron chi connectivity index (χ0n) is 17.8. The monoisotopic (exact) mass is 417 g/mol. The number of hydrogen-bond donors (Lipinski definition) is 1. The number of ether oxygens (including phenoxy) is 2. The Bertz CT molecular complexity index is 1020. The average molecular weight is 418 g/mol. The second kappa shape index (κ2) is 9.23. The minimum absolute atomic E-state index is 0.00127. The van der Waals surface area contributed by atoms with Crippen LogP contribution in [0.1, 0.15) is 42.6 Å². The summed E-state index contributed by atoms with van der Waals surface area (Å²) >= 11 is 0. The number of benzene rings is 3. The van der Waals surface area contributed by atoms with Crippen molar-refractivity contribution < 1.29 is 19.4 Å². The minimum Gasteiger partial charge on any atom is -0.481 e. The third-order valence-electron chi connectivity index (χ3n) is 5.95. The van der Waals surface area contributed by atoms with Crippen LogP contribution in [0.3, 0.4) is 0 Å². The van der Waals surface area contributed by atoms with Crippen LogP contribution in [0.15, 0.2) is 78.9 Å². The highest BCUT2D eigenvalue weighted by Crippen LogP contribution is 2.41. The van der Waals surface area contributed by atoms with Crippen LogP contribution in [0.5, 0.6) is 11.5 Å². The smallest absolute Gasteiger partial charge is 0.308 e. The first-order valence-electron chi connectivity index (χ1n) is 10.5. The van der Waals surface area contributed by atoms with Crippen LogP contribution >= 0.6 is 0 Å². The molecule has 5 nitrogen and oxygen atoms in total. The highest BCUT2D eigenvalue weighted by atomic mass is 16.7. The summed E-state index contributed by atoms with van der Waals surface area (Å²) in [5.74, 6) is -0.112. The zero-order valence-corrected chi connectivity index (χ0v) is 17.8. The van der Waals surface area contributed by atoms with Crippen LogP contribution in [0.25, 0.3) is 0 Å². The summed E-state index contributed by atoms with van der Waals surface area (Å²) in [6.07, 6.45) is 0. The van der Waals surface area contributed by atoms with Crippen molar-refractivity contribution in [3.05, 3.63) is 95.6 Å². The van der Waals surface area contributed by atoms with Crippen LogP contribution in [-0.2, 0) is 11.3 Å². The first-order valence-corrected chi connectivity index (χ1v) is 10.5. The Hall–Kier alpha value is -3.31. The fraction of sp³-hybridized carbons (Fsp3) is 0.269. The fourth-order valence-electron chi connectivity index (χ4n) is 4.19. The fourth-order valence-corrected chi connectivity index (χ4v) is 4.19. The largest absolute Gasteiger partial charge is 0.481 e. The molecule has 1 N–H and O–H groups in total. The van der Waals surface area contributed by atoms with E-state index in [2.05, 4.69) is 36.1 Å². The molecule has 3 atom stereocenters. The van der Waals surface area contributed by atoms with E-state index in [0.29, 0.717) is 18.0 Å². The Morgan fingerprint density at radius 3 is 2.23 bits per heavy atom. The summed E-state index contributed by atoms with van der Waals surface area (Å²) in [6, 6.07) is 25.7. The number of carbonyl (C=O) groups is 1. The summed E-state index contributed by atoms with van der Waals surface area (Å²) in [6.45, 7) is 4.71. The van der Waals surface area contributed by atoms with Gasteiger partial charge in [-0.2, -0.15) is 0 Å².